The third-order valence-electron chi connectivity index (χ3n) is 4.63. The van der Waals surface area contributed by atoms with Crippen LogP contribution in [0.2, 0.25) is 0 Å². The Morgan fingerprint density at radius 1 is 1.26 bits per heavy atom. The molecule has 3 aromatic rings. The summed E-state index contributed by atoms with van der Waals surface area (Å²) in [5, 5.41) is 6.85. The minimum Gasteiger partial charge on any atom is -0.355 e. The van der Waals surface area contributed by atoms with Gasteiger partial charge in [-0.3, -0.25) is 9.78 Å². The molecule has 1 saturated heterocycles. The molecule has 0 saturated carbocycles. The number of rotatable bonds is 4. The first kappa shape index (κ1) is 17.1. The fraction of sp³-hybridized carbons (Fsp3) is 0.263. The third kappa shape index (κ3) is 3.79. The van der Waals surface area contributed by atoms with E-state index in [4.69, 9.17) is 0 Å². The summed E-state index contributed by atoms with van der Waals surface area (Å²) in [6.07, 6.45) is 9.89. The fourth-order valence-corrected chi connectivity index (χ4v) is 3.28. The number of halogens is 1. The Kier molecular flexibility index (Phi) is 4.78. The van der Waals surface area contributed by atoms with Crippen molar-refractivity contribution in [3.05, 3.63) is 61.1 Å². The van der Waals surface area contributed by atoms with E-state index in [2.05, 4.69) is 25.3 Å². The van der Waals surface area contributed by atoms with E-state index in [1.165, 1.54) is 10.7 Å². The molecule has 0 radical (unpaired) electrons. The summed E-state index contributed by atoms with van der Waals surface area (Å²) in [7, 11) is 0. The second kappa shape index (κ2) is 7.53. The van der Waals surface area contributed by atoms with E-state index in [0.717, 1.165) is 25.2 Å². The van der Waals surface area contributed by atoms with Crippen molar-refractivity contribution in [1.29, 1.82) is 0 Å². The van der Waals surface area contributed by atoms with Gasteiger partial charge < -0.3 is 10.2 Å². The first-order chi connectivity index (χ1) is 13.2. The summed E-state index contributed by atoms with van der Waals surface area (Å²) < 4.78 is 15.8. The highest BCUT2D eigenvalue weighted by Gasteiger charge is 2.26. The van der Waals surface area contributed by atoms with Crippen LogP contribution in [0.4, 0.5) is 15.9 Å². The normalized spacial score (nSPS) is 16.9. The topological polar surface area (TPSA) is 75.9 Å². The van der Waals surface area contributed by atoms with Gasteiger partial charge in [0.1, 0.15) is 11.5 Å². The van der Waals surface area contributed by atoms with Crippen molar-refractivity contribution in [3.8, 4) is 5.69 Å². The highest BCUT2D eigenvalue weighted by Crippen LogP contribution is 2.23. The van der Waals surface area contributed by atoms with Gasteiger partial charge in [0.15, 0.2) is 5.82 Å². The number of anilines is 2. The molecular formula is C19H19FN6O. The van der Waals surface area contributed by atoms with Gasteiger partial charge in [-0.2, -0.15) is 5.10 Å². The zero-order chi connectivity index (χ0) is 18.6. The van der Waals surface area contributed by atoms with Crippen molar-refractivity contribution in [2.45, 2.75) is 12.8 Å². The van der Waals surface area contributed by atoms with Crippen molar-refractivity contribution in [1.82, 2.24) is 19.7 Å². The largest absolute Gasteiger partial charge is 0.355 e. The van der Waals surface area contributed by atoms with Crippen LogP contribution in [0.5, 0.6) is 0 Å². The summed E-state index contributed by atoms with van der Waals surface area (Å²) in [6, 6.07) is 6.32. The Hall–Kier alpha value is -3.29. The van der Waals surface area contributed by atoms with Crippen molar-refractivity contribution in [2.75, 3.05) is 23.3 Å². The Morgan fingerprint density at radius 2 is 2.19 bits per heavy atom. The van der Waals surface area contributed by atoms with Crippen molar-refractivity contribution in [2.24, 2.45) is 5.92 Å². The van der Waals surface area contributed by atoms with E-state index in [9.17, 15) is 9.18 Å². The summed E-state index contributed by atoms with van der Waals surface area (Å²) in [6.45, 7) is 1.41. The average Bonchev–Trinajstić information content (AvgIpc) is 3.23. The van der Waals surface area contributed by atoms with Gasteiger partial charge in [0.25, 0.3) is 0 Å². The average molecular weight is 366 g/mol. The molecule has 1 fully saturated rings. The Bertz CT molecular complexity index is 915. The van der Waals surface area contributed by atoms with Gasteiger partial charge in [0.2, 0.25) is 5.91 Å². The number of hydrogen-bond donors (Lipinski definition) is 1. The number of nitrogens with zero attached hydrogens (tertiary/aromatic N) is 5. The Labute approximate surface area is 155 Å². The van der Waals surface area contributed by atoms with Gasteiger partial charge in [-0.05, 0) is 37.1 Å². The second-order valence-electron chi connectivity index (χ2n) is 6.45. The molecule has 0 bridgehead atoms. The predicted octanol–water partition coefficient (Wildman–Crippen LogP) is 2.66. The molecule has 3 heterocycles. The zero-order valence-electron chi connectivity index (χ0n) is 14.6. The van der Waals surface area contributed by atoms with Crippen LogP contribution in [0, 0.1) is 11.7 Å². The van der Waals surface area contributed by atoms with Gasteiger partial charge in [0.05, 0.1) is 12.1 Å². The van der Waals surface area contributed by atoms with Crippen LogP contribution in [-0.4, -0.2) is 38.7 Å². The Morgan fingerprint density at radius 3 is 2.93 bits per heavy atom. The third-order valence-corrected chi connectivity index (χ3v) is 4.63. The van der Waals surface area contributed by atoms with Crippen molar-refractivity contribution >= 4 is 17.4 Å². The molecule has 1 aromatic carbocycles. The molecule has 138 valence electrons. The number of aromatic nitrogens is 4. The maximum absolute atomic E-state index is 14.4. The molecule has 1 aliphatic rings. The molecule has 2 aromatic heterocycles. The van der Waals surface area contributed by atoms with Crippen LogP contribution >= 0.6 is 0 Å². The Balaban J connectivity index is 1.43. The number of hydrogen-bond acceptors (Lipinski definition) is 5. The molecule has 1 N–H and O–H groups in total. The lowest BCUT2D eigenvalue weighted by molar-refractivity contribution is -0.120. The van der Waals surface area contributed by atoms with Crippen molar-refractivity contribution in [3.63, 3.8) is 0 Å². The standard InChI is InChI=1S/C19H19FN6O/c20-16-11-15(4-5-17(16)26-10-2-6-23-26)24-19(27)14-3-1-9-25(13-14)18-12-21-7-8-22-18/h2,4-8,10-12,14H,1,3,9,13H2,(H,24,27)/t14-/m1/s1. The SMILES string of the molecule is O=C(Nc1ccc(-n2cccn2)c(F)c1)[C@@H]1CCCN(c2cnccn2)C1. The maximum atomic E-state index is 14.4. The minimum absolute atomic E-state index is 0.116. The summed E-state index contributed by atoms with van der Waals surface area (Å²) in [4.78, 5) is 23.1. The van der Waals surface area contributed by atoms with Gasteiger partial charge >= 0.3 is 0 Å². The van der Waals surface area contributed by atoms with E-state index in [1.54, 1.807) is 49.2 Å². The highest BCUT2D eigenvalue weighted by molar-refractivity contribution is 5.93. The van der Waals surface area contributed by atoms with E-state index in [-0.39, 0.29) is 11.8 Å². The minimum atomic E-state index is -0.443. The lowest BCUT2D eigenvalue weighted by Gasteiger charge is -2.32. The molecule has 8 heteroatoms. The first-order valence-corrected chi connectivity index (χ1v) is 8.82. The van der Waals surface area contributed by atoms with E-state index < -0.39 is 5.82 Å². The molecule has 27 heavy (non-hydrogen) atoms. The van der Waals surface area contributed by atoms with E-state index in [0.29, 0.717) is 17.9 Å². The molecule has 4 rings (SSSR count). The molecular weight excluding hydrogens is 347 g/mol. The van der Waals surface area contributed by atoms with Crippen LogP contribution in [0.1, 0.15) is 12.8 Å². The molecule has 1 amide bonds. The second-order valence-corrected chi connectivity index (χ2v) is 6.45. The molecule has 1 aliphatic heterocycles. The number of benzene rings is 1. The predicted molar refractivity (Wildman–Crippen MR) is 99.1 cm³/mol. The molecule has 7 nitrogen and oxygen atoms in total. The number of amides is 1. The lowest BCUT2D eigenvalue weighted by atomic mass is 9.97. The maximum Gasteiger partial charge on any atom is 0.229 e. The number of nitrogens with one attached hydrogen (secondary N) is 1. The lowest BCUT2D eigenvalue weighted by Crippen LogP contribution is -2.41. The van der Waals surface area contributed by atoms with Crippen molar-refractivity contribution < 1.29 is 9.18 Å². The van der Waals surface area contributed by atoms with Crippen LogP contribution in [0.15, 0.2) is 55.2 Å². The number of carbonyl (C=O) groups is 1. The van der Waals surface area contributed by atoms with Gasteiger partial charge in [0, 0.05) is 43.6 Å². The van der Waals surface area contributed by atoms with Crippen LogP contribution in [0.25, 0.3) is 5.69 Å². The van der Waals surface area contributed by atoms with Gasteiger partial charge in [-0.1, -0.05) is 0 Å². The summed E-state index contributed by atoms with van der Waals surface area (Å²) >= 11 is 0. The molecule has 0 spiro atoms. The molecule has 0 aliphatic carbocycles. The number of carbonyl (C=O) groups excluding carboxylic acids is 1. The van der Waals surface area contributed by atoms with Crippen LogP contribution in [-0.2, 0) is 4.79 Å². The molecule has 1 atom stereocenters. The van der Waals surface area contributed by atoms with Gasteiger partial charge in [-0.15, -0.1) is 0 Å². The quantitative estimate of drug-likeness (QED) is 0.768. The van der Waals surface area contributed by atoms with Crippen LogP contribution < -0.4 is 10.2 Å². The first-order valence-electron chi connectivity index (χ1n) is 8.82. The van der Waals surface area contributed by atoms with Gasteiger partial charge in [-0.25, -0.2) is 14.1 Å². The van der Waals surface area contributed by atoms with E-state index >= 15 is 0 Å². The fourth-order valence-electron chi connectivity index (χ4n) is 3.28. The van der Waals surface area contributed by atoms with Crippen LogP contribution in [0.3, 0.4) is 0 Å². The zero-order valence-corrected chi connectivity index (χ0v) is 14.6. The molecule has 0 unspecified atom stereocenters. The number of piperidine rings is 1. The smallest absolute Gasteiger partial charge is 0.229 e. The highest BCUT2D eigenvalue weighted by atomic mass is 19.1. The summed E-state index contributed by atoms with van der Waals surface area (Å²) in [5.41, 5.74) is 0.773. The summed E-state index contributed by atoms with van der Waals surface area (Å²) in [5.74, 6) is 0.0235. The van der Waals surface area contributed by atoms with E-state index in [1.807, 2.05) is 0 Å². The monoisotopic (exact) mass is 366 g/mol.